The highest BCUT2D eigenvalue weighted by atomic mass is 16.7. The van der Waals surface area contributed by atoms with Gasteiger partial charge in [-0.15, -0.1) is 0 Å². The number of benzene rings is 2. The smallest absolute Gasteiger partial charge is 0.231 e. The van der Waals surface area contributed by atoms with Crippen LogP contribution in [0.1, 0.15) is 22.6 Å². The van der Waals surface area contributed by atoms with Gasteiger partial charge in [0.15, 0.2) is 29.3 Å². The fourth-order valence-electron chi connectivity index (χ4n) is 5.15. The molecular formula is C23H26O7. The van der Waals surface area contributed by atoms with Gasteiger partial charge in [0.05, 0.1) is 27.9 Å². The summed E-state index contributed by atoms with van der Waals surface area (Å²) in [5, 5.41) is 0. The molecule has 2 heterocycles. The fraction of sp³-hybridized carbons (Fsp3) is 0.478. The molecule has 160 valence electrons. The lowest BCUT2D eigenvalue weighted by molar-refractivity contribution is -0.113. The van der Waals surface area contributed by atoms with E-state index in [-0.39, 0.29) is 24.9 Å². The van der Waals surface area contributed by atoms with Crippen molar-refractivity contribution in [1.29, 1.82) is 0 Å². The van der Waals surface area contributed by atoms with Crippen LogP contribution in [0.4, 0.5) is 0 Å². The van der Waals surface area contributed by atoms with Gasteiger partial charge >= 0.3 is 0 Å². The molecule has 0 radical (unpaired) electrons. The third-order valence-corrected chi connectivity index (χ3v) is 6.45. The number of hydrogen-bond donors (Lipinski definition) is 0. The molecule has 1 aliphatic carbocycles. The number of ether oxygens (including phenoxy) is 7. The van der Waals surface area contributed by atoms with Gasteiger partial charge in [-0.3, -0.25) is 0 Å². The molecule has 2 aromatic rings. The molecular weight excluding hydrogens is 388 g/mol. The average Bonchev–Trinajstić information content (AvgIpc) is 3.40. The van der Waals surface area contributed by atoms with Crippen LogP contribution in [0.5, 0.6) is 28.7 Å². The van der Waals surface area contributed by atoms with Gasteiger partial charge in [-0.1, -0.05) is 0 Å². The van der Waals surface area contributed by atoms with Gasteiger partial charge in [-0.2, -0.15) is 0 Å². The quantitative estimate of drug-likeness (QED) is 0.743. The normalized spacial score (nSPS) is 26.1. The first-order valence-electron chi connectivity index (χ1n) is 10.0. The van der Waals surface area contributed by atoms with Crippen LogP contribution < -0.4 is 23.7 Å². The molecule has 0 spiro atoms. The standard InChI is InChI=1S/C23H26O7/c1-24-18-7-13(8-19(25-2)22(18)26-3)20-15-9-17-16(29-11-30-17)6-12(15)5-14-10-28-23(27-4)21(14)20/h6-9,14,20-21,23H,5,10-11H2,1-4H3/t14-,20-,21-,23+/m1/s1. The molecule has 30 heavy (non-hydrogen) atoms. The van der Waals surface area contributed by atoms with E-state index in [9.17, 15) is 0 Å². The van der Waals surface area contributed by atoms with E-state index < -0.39 is 0 Å². The highest BCUT2D eigenvalue weighted by molar-refractivity contribution is 5.58. The topological polar surface area (TPSA) is 64.6 Å². The van der Waals surface area contributed by atoms with Crippen molar-refractivity contribution < 1.29 is 33.2 Å². The third-order valence-electron chi connectivity index (χ3n) is 6.45. The Kier molecular flexibility index (Phi) is 4.87. The molecule has 7 nitrogen and oxygen atoms in total. The van der Waals surface area contributed by atoms with Crippen molar-refractivity contribution in [2.45, 2.75) is 18.6 Å². The lowest BCUT2D eigenvalue weighted by Crippen LogP contribution is -2.34. The predicted molar refractivity (Wildman–Crippen MR) is 108 cm³/mol. The molecule has 0 bridgehead atoms. The van der Waals surface area contributed by atoms with E-state index in [1.807, 2.05) is 12.1 Å². The van der Waals surface area contributed by atoms with Crippen molar-refractivity contribution in [3.05, 3.63) is 41.0 Å². The summed E-state index contributed by atoms with van der Waals surface area (Å²) >= 11 is 0. The second kappa shape index (κ2) is 7.56. The van der Waals surface area contributed by atoms with E-state index in [0.717, 1.165) is 23.5 Å². The first kappa shape index (κ1) is 19.3. The van der Waals surface area contributed by atoms with Crippen LogP contribution in [0, 0.1) is 11.8 Å². The Morgan fingerprint density at radius 2 is 1.57 bits per heavy atom. The molecule has 0 amide bonds. The average molecular weight is 414 g/mol. The summed E-state index contributed by atoms with van der Waals surface area (Å²) in [6.07, 6.45) is 0.634. The van der Waals surface area contributed by atoms with Crippen molar-refractivity contribution in [3.8, 4) is 28.7 Å². The lowest BCUT2D eigenvalue weighted by Gasteiger charge is -2.37. The van der Waals surface area contributed by atoms with E-state index in [2.05, 4.69) is 12.1 Å². The van der Waals surface area contributed by atoms with Crippen LogP contribution >= 0.6 is 0 Å². The summed E-state index contributed by atoms with van der Waals surface area (Å²) in [4.78, 5) is 0. The molecule has 0 unspecified atom stereocenters. The number of fused-ring (bicyclic) bond motifs is 3. The van der Waals surface area contributed by atoms with Crippen LogP contribution in [0.3, 0.4) is 0 Å². The maximum atomic E-state index is 6.02. The Labute approximate surface area is 175 Å². The minimum Gasteiger partial charge on any atom is -0.493 e. The molecule has 2 aliphatic heterocycles. The molecule has 4 atom stereocenters. The molecule has 5 rings (SSSR count). The maximum Gasteiger partial charge on any atom is 0.231 e. The molecule has 2 aromatic carbocycles. The van der Waals surface area contributed by atoms with Gasteiger partial charge in [-0.25, -0.2) is 0 Å². The summed E-state index contributed by atoms with van der Waals surface area (Å²) in [7, 11) is 6.58. The number of hydrogen-bond acceptors (Lipinski definition) is 7. The third kappa shape index (κ3) is 2.87. The van der Waals surface area contributed by atoms with Crippen LogP contribution in [0.25, 0.3) is 0 Å². The van der Waals surface area contributed by atoms with Gasteiger partial charge in [0, 0.05) is 18.9 Å². The van der Waals surface area contributed by atoms with E-state index in [1.165, 1.54) is 11.1 Å². The van der Waals surface area contributed by atoms with Crippen molar-refractivity contribution in [2.75, 3.05) is 41.8 Å². The molecule has 1 fully saturated rings. The fourth-order valence-corrected chi connectivity index (χ4v) is 5.15. The zero-order chi connectivity index (χ0) is 20.8. The molecule has 0 saturated carbocycles. The van der Waals surface area contributed by atoms with Crippen LogP contribution in [0.2, 0.25) is 0 Å². The SMILES string of the molecule is COc1cc([C@@H]2c3cc4c(cc3C[C@@H]3CO[C@H](OC)[C@H]32)OCO4)cc(OC)c1OC. The number of methoxy groups -OCH3 is 4. The van der Waals surface area contributed by atoms with Crippen molar-refractivity contribution in [1.82, 2.24) is 0 Å². The first-order chi connectivity index (χ1) is 14.7. The van der Waals surface area contributed by atoms with Crippen molar-refractivity contribution in [2.24, 2.45) is 11.8 Å². The Balaban J connectivity index is 1.70. The summed E-state index contributed by atoms with van der Waals surface area (Å²) < 4.78 is 39.8. The summed E-state index contributed by atoms with van der Waals surface area (Å²) in [5.74, 6) is 3.93. The summed E-state index contributed by atoms with van der Waals surface area (Å²) in [6.45, 7) is 0.918. The Morgan fingerprint density at radius 1 is 0.867 bits per heavy atom. The largest absolute Gasteiger partial charge is 0.493 e. The van der Waals surface area contributed by atoms with Crippen LogP contribution in [-0.4, -0.2) is 48.1 Å². The lowest BCUT2D eigenvalue weighted by atomic mass is 9.67. The molecule has 0 N–H and O–H groups in total. The van der Waals surface area contributed by atoms with Crippen LogP contribution in [0.15, 0.2) is 24.3 Å². The first-order valence-corrected chi connectivity index (χ1v) is 10.0. The summed E-state index contributed by atoms with van der Waals surface area (Å²) in [5.41, 5.74) is 3.51. The monoisotopic (exact) mass is 414 g/mol. The predicted octanol–water partition coefficient (Wildman–Crippen LogP) is 3.36. The Hall–Kier alpha value is -2.64. The van der Waals surface area contributed by atoms with Crippen molar-refractivity contribution in [3.63, 3.8) is 0 Å². The molecule has 1 saturated heterocycles. The maximum absolute atomic E-state index is 6.02. The molecule has 0 aromatic heterocycles. The van der Waals surface area contributed by atoms with E-state index in [4.69, 9.17) is 33.2 Å². The van der Waals surface area contributed by atoms with Gasteiger partial charge in [0.25, 0.3) is 0 Å². The van der Waals surface area contributed by atoms with Gasteiger partial charge < -0.3 is 33.2 Å². The van der Waals surface area contributed by atoms with Gasteiger partial charge in [0.1, 0.15) is 0 Å². The second-order valence-corrected chi connectivity index (χ2v) is 7.82. The molecule has 3 aliphatic rings. The van der Waals surface area contributed by atoms with E-state index in [0.29, 0.717) is 29.8 Å². The Bertz CT molecular complexity index is 932. The van der Waals surface area contributed by atoms with Gasteiger partial charge in [0.2, 0.25) is 12.5 Å². The zero-order valence-electron chi connectivity index (χ0n) is 17.6. The van der Waals surface area contributed by atoms with Crippen molar-refractivity contribution >= 4 is 0 Å². The minimum absolute atomic E-state index is 0.0226. The molecule has 7 heteroatoms. The number of rotatable bonds is 5. The minimum atomic E-state index is -0.280. The zero-order valence-corrected chi connectivity index (χ0v) is 17.6. The van der Waals surface area contributed by atoms with E-state index >= 15 is 0 Å². The Morgan fingerprint density at radius 3 is 2.20 bits per heavy atom. The van der Waals surface area contributed by atoms with Gasteiger partial charge in [-0.05, 0) is 53.3 Å². The highest BCUT2D eigenvalue weighted by Gasteiger charge is 2.48. The van der Waals surface area contributed by atoms with Crippen LogP contribution in [-0.2, 0) is 15.9 Å². The summed E-state index contributed by atoms with van der Waals surface area (Å²) in [6, 6.07) is 8.26. The van der Waals surface area contributed by atoms with E-state index in [1.54, 1.807) is 28.4 Å². The second-order valence-electron chi connectivity index (χ2n) is 7.82. The highest BCUT2D eigenvalue weighted by Crippen LogP contribution is 2.53.